The Morgan fingerprint density at radius 2 is 2.00 bits per heavy atom. The Hall–Kier alpha value is -2.12. The van der Waals surface area contributed by atoms with E-state index in [2.05, 4.69) is 10.4 Å². The first-order chi connectivity index (χ1) is 9.47. The van der Waals surface area contributed by atoms with Gasteiger partial charge in [-0.05, 0) is 31.2 Å². The molecule has 2 rings (SSSR count). The lowest BCUT2D eigenvalue weighted by atomic mass is 10.2. The fraction of sp³-hybridized carbons (Fsp3) is 0.308. The molecule has 0 fully saturated rings. The number of benzene rings is 1. The predicted octanol–water partition coefficient (Wildman–Crippen LogP) is 0.669. The van der Waals surface area contributed by atoms with E-state index < -0.39 is 0 Å². The number of nitrogens with two attached hydrogens (primary N) is 1. The molecule has 7 nitrogen and oxygen atoms in total. The number of rotatable bonds is 4. The van der Waals surface area contributed by atoms with Crippen molar-refractivity contribution in [1.29, 1.82) is 0 Å². The maximum atomic E-state index is 11.7. The van der Waals surface area contributed by atoms with Crippen LogP contribution in [0.25, 0.3) is 5.69 Å². The zero-order valence-electron chi connectivity index (χ0n) is 11.8. The highest BCUT2D eigenvalue weighted by Gasteiger charge is 2.07. The van der Waals surface area contributed by atoms with Gasteiger partial charge in [0.2, 0.25) is 5.91 Å². The van der Waals surface area contributed by atoms with Crippen molar-refractivity contribution in [3.05, 3.63) is 41.1 Å². The number of carbonyl (C=O) groups is 1. The Bertz CT molecular complexity index is 660. The topological polar surface area (TPSA) is 94.9 Å². The van der Waals surface area contributed by atoms with Gasteiger partial charge in [0, 0.05) is 25.2 Å². The summed E-state index contributed by atoms with van der Waals surface area (Å²) in [5, 5.41) is 6.72. The normalized spacial score (nSPS) is 11.6. The molecule has 114 valence electrons. The number of aromatic nitrogens is 3. The van der Waals surface area contributed by atoms with Crippen LogP contribution >= 0.6 is 12.4 Å². The van der Waals surface area contributed by atoms with Gasteiger partial charge in [-0.15, -0.1) is 12.4 Å². The quantitative estimate of drug-likeness (QED) is 0.867. The van der Waals surface area contributed by atoms with E-state index in [-0.39, 0.29) is 36.5 Å². The van der Waals surface area contributed by atoms with Crippen LogP contribution in [-0.2, 0) is 11.8 Å². The van der Waals surface area contributed by atoms with Crippen LogP contribution in [0.3, 0.4) is 0 Å². The van der Waals surface area contributed by atoms with Crippen molar-refractivity contribution in [2.75, 3.05) is 5.32 Å². The summed E-state index contributed by atoms with van der Waals surface area (Å²) in [4.78, 5) is 23.3. The summed E-state index contributed by atoms with van der Waals surface area (Å²) < 4.78 is 2.67. The number of nitrogens with one attached hydrogen (secondary N) is 1. The minimum Gasteiger partial charge on any atom is -0.327 e. The van der Waals surface area contributed by atoms with Crippen LogP contribution < -0.4 is 16.7 Å². The molecule has 0 saturated carbocycles. The number of anilines is 1. The zero-order chi connectivity index (χ0) is 14.7. The van der Waals surface area contributed by atoms with Gasteiger partial charge in [0.15, 0.2) is 0 Å². The van der Waals surface area contributed by atoms with Gasteiger partial charge in [0.25, 0.3) is 0 Å². The molecule has 1 atom stereocenters. The standard InChI is InChI=1S/C13H17N5O2.ClH/c1-9(14)7-12(19)16-10-3-5-11(6-4-10)18-13(20)17(2)8-15-18;/h3-6,8-9H,7,14H2,1-2H3,(H,16,19);1H. The third-order valence-corrected chi connectivity index (χ3v) is 2.73. The molecule has 1 heterocycles. The van der Waals surface area contributed by atoms with Crippen molar-refractivity contribution in [2.24, 2.45) is 12.8 Å². The summed E-state index contributed by atoms with van der Waals surface area (Å²) in [7, 11) is 1.63. The molecule has 1 amide bonds. The molecule has 3 N–H and O–H groups in total. The van der Waals surface area contributed by atoms with Crippen molar-refractivity contribution >= 4 is 24.0 Å². The van der Waals surface area contributed by atoms with Gasteiger partial charge < -0.3 is 11.1 Å². The number of halogens is 1. The largest absolute Gasteiger partial charge is 0.350 e. The van der Waals surface area contributed by atoms with E-state index in [1.54, 1.807) is 38.2 Å². The molecule has 0 radical (unpaired) electrons. The summed E-state index contributed by atoms with van der Waals surface area (Å²) in [6, 6.07) is 6.69. The van der Waals surface area contributed by atoms with Crippen LogP contribution in [0, 0.1) is 0 Å². The second kappa shape index (κ2) is 7.05. The maximum Gasteiger partial charge on any atom is 0.350 e. The van der Waals surface area contributed by atoms with Crippen LogP contribution in [0.15, 0.2) is 35.4 Å². The van der Waals surface area contributed by atoms with Gasteiger partial charge in [-0.3, -0.25) is 9.36 Å². The third-order valence-electron chi connectivity index (χ3n) is 2.73. The summed E-state index contributed by atoms with van der Waals surface area (Å²) in [5.41, 5.74) is 6.63. The summed E-state index contributed by atoms with van der Waals surface area (Å²) in [6.45, 7) is 1.77. The monoisotopic (exact) mass is 311 g/mol. The van der Waals surface area contributed by atoms with Gasteiger partial charge in [-0.25, -0.2) is 4.79 Å². The van der Waals surface area contributed by atoms with Crippen molar-refractivity contribution < 1.29 is 4.79 Å². The first kappa shape index (κ1) is 16.9. The molecule has 8 heteroatoms. The van der Waals surface area contributed by atoms with Gasteiger partial charge >= 0.3 is 5.69 Å². The van der Waals surface area contributed by atoms with Crippen LogP contribution in [-0.4, -0.2) is 26.3 Å². The highest BCUT2D eigenvalue weighted by atomic mass is 35.5. The van der Waals surface area contributed by atoms with E-state index in [0.29, 0.717) is 11.4 Å². The van der Waals surface area contributed by atoms with Crippen molar-refractivity contribution in [2.45, 2.75) is 19.4 Å². The number of hydrogen-bond acceptors (Lipinski definition) is 4. The van der Waals surface area contributed by atoms with Crippen LogP contribution in [0.5, 0.6) is 0 Å². The molecule has 2 aromatic rings. The number of hydrogen-bond donors (Lipinski definition) is 2. The van der Waals surface area contributed by atoms with E-state index in [4.69, 9.17) is 5.73 Å². The van der Waals surface area contributed by atoms with Gasteiger partial charge in [0.05, 0.1) is 5.69 Å². The van der Waals surface area contributed by atoms with Crippen LogP contribution in [0.4, 0.5) is 5.69 Å². The lowest BCUT2D eigenvalue weighted by Crippen LogP contribution is -2.24. The Balaban J connectivity index is 0.00000220. The molecular weight excluding hydrogens is 294 g/mol. The van der Waals surface area contributed by atoms with E-state index in [1.807, 2.05) is 0 Å². The molecule has 0 bridgehead atoms. The Kier molecular flexibility index (Phi) is 5.69. The third kappa shape index (κ3) is 4.17. The zero-order valence-corrected chi connectivity index (χ0v) is 12.6. The van der Waals surface area contributed by atoms with E-state index in [9.17, 15) is 9.59 Å². The highest BCUT2D eigenvalue weighted by molar-refractivity contribution is 5.91. The summed E-state index contributed by atoms with van der Waals surface area (Å²) >= 11 is 0. The number of carbonyl (C=O) groups excluding carboxylic acids is 1. The summed E-state index contributed by atoms with van der Waals surface area (Å²) in [5.74, 6) is -0.136. The lowest BCUT2D eigenvalue weighted by molar-refractivity contribution is -0.116. The fourth-order valence-corrected chi connectivity index (χ4v) is 1.74. The molecule has 0 aliphatic heterocycles. The minimum atomic E-state index is -0.223. The molecule has 1 aromatic heterocycles. The van der Waals surface area contributed by atoms with E-state index in [1.165, 1.54) is 15.6 Å². The number of nitrogens with zero attached hydrogens (tertiary/aromatic N) is 3. The highest BCUT2D eigenvalue weighted by Crippen LogP contribution is 2.11. The number of aryl methyl sites for hydroxylation is 1. The smallest absolute Gasteiger partial charge is 0.327 e. The predicted molar refractivity (Wildman–Crippen MR) is 82.9 cm³/mol. The molecule has 0 aliphatic carbocycles. The van der Waals surface area contributed by atoms with E-state index >= 15 is 0 Å². The molecule has 1 aromatic carbocycles. The second-order valence-electron chi connectivity index (χ2n) is 4.71. The maximum absolute atomic E-state index is 11.7. The SMILES string of the molecule is CC(N)CC(=O)Nc1ccc(-n2ncn(C)c2=O)cc1.Cl. The molecule has 0 saturated heterocycles. The Morgan fingerprint density at radius 3 is 2.48 bits per heavy atom. The Morgan fingerprint density at radius 1 is 1.38 bits per heavy atom. The summed E-state index contributed by atoms with van der Waals surface area (Å²) in [6.07, 6.45) is 1.71. The van der Waals surface area contributed by atoms with Gasteiger partial charge in [-0.2, -0.15) is 9.78 Å². The average Bonchev–Trinajstić information content (AvgIpc) is 2.70. The molecule has 0 spiro atoms. The van der Waals surface area contributed by atoms with Gasteiger partial charge in [0.1, 0.15) is 6.33 Å². The average molecular weight is 312 g/mol. The molecule has 21 heavy (non-hydrogen) atoms. The molecule has 0 aliphatic rings. The first-order valence-corrected chi connectivity index (χ1v) is 6.24. The lowest BCUT2D eigenvalue weighted by Gasteiger charge is -2.07. The van der Waals surface area contributed by atoms with Gasteiger partial charge in [-0.1, -0.05) is 0 Å². The first-order valence-electron chi connectivity index (χ1n) is 6.24. The van der Waals surface area contributed by atoms with E-state index in [0.717, 1.165) is 0 Å². The molecular formula is C13H18ClN5O2. The second-order valence-corrected chi connectivity index (χ2v) is 4.71. The minimum absolute atomic E-state index is 0. The molecule has 1 unspecified atom stereocenters. The van der Waals surface area contributed by atoms with Crippen LogP contribution in [0.1, 0.15) is 13.3 Å². The van der Waals surface area contributed by atoms with Crippen molar-refractivity contribution in [1.82, 2.24) is 14.3 Å². The number of amides is 1. The van der Waals surface area contributed by atoms with Crippen molar-refractivity contribution in [3.63, 3.8) is 0 Å². The Labute approximate surface area is 128 Å². The van der Waals surface area contributed by atoms with Crippen molar-refractivity contribution in [3.8, 4) is 5.69 Å². The van der Waals surface area contributed by atoms with Crippen LogP contribution in [0.2, 0.25) is 0 Å². The fourth-order valence-electron chi connectivity index (χ4n) is 1.74.